The van der Waals surface area contributed by atoms with Crippen LogP contribution in [0.2, 0.25) is 0 Å². The van der Waals surface area contributed by atoms with E-state index in [0.717, 1.165) is 123 Å². The van der Waals surface area contributed by atoms with E-state index >= 15 is 0 Å². The number of aryl methyl sites for hydroxylation is 5. The van der Waals surface area contributed by atoms with E-state index in [4.69, 9.17) is 9.97 Å². The highest BCUT2D eigenvalue weighted by Crippen LogP contribution is 2.55. The molecule has 0 unspecified atom stereocenters. The fraction of sp³-hybridized carbons (Fsp3) is 0.0649. The summed E-state index contributed by atoms with van der Waals surface area (Å²) < 4.78 is 12.8. The Labute approximate surface area is 484 Å². The highest BCUT2D eigenvalue weighted by molar-refractivity contribution is 6.19. The molecule has 0 spiro atoms. The molecule has 0 N–H and O–H groups in total. The van der Waals surface area contributed by atoms with E-state index < -0.39 is 0 Å². The highest BCUT2D eigenvalue weighted by atomic mass is 15.2. The molecule has 7 nitrogen and oxygen atoms in total. The van der Waals surface area contributed by atoms with Crippen molar-refractivity contribution in [1.82, 2.24) is 32.8 Å². The summed E-state index contributed by atoms with van der Waals surface area (Å²) in [7, 11) is 0. The predicted octanol–water partition coefficient (Wildman–Crippen LogP) is 19.7. The van der Waals surface area contributed by atoms with Crippen LogP contribution in [0.1, 0.15) is 27.9 Å². The van der Waals surface area contributed by atoms with Crippen LogP contribution in [0.25, 0.3) is 149 Å². The van der Waals surface area contributed by atoms with Crippen LogP contribution >= 0.6 is 0 Å². The Kier molecular flexibility index (Phi) is 10.4. The van der Waals surface area contributed by atoms with E-state index in [2.05, 4.69) is 300 Å². The van der Waals surface area contributed by atoms with Gasteiger partial charge in [-0.25, -0.2) is 4.98 Å². The molecule has 0 atom stereocenters. The Morgan fingerprint density at radius 1 is 0.250 bits per heavy atom. The van der Waals surface area contributed by atoms with Gasteiger partial charge >= 0.3 is 0 Å². The zero-order valence-corrected chi connectivity index (χ0v) is 47.2. The molecular formula is C77H55N7. The first-order valence-corrected chi connectivity index (χ1v) is 29.0. The van der Waals surface area contributed by atoms with Gasteiger partial charge in [0.1, 0.15) is 5.82 Å². The summed E-state index contributed by atoms with van der Waals surface area (Å²) in [5.41, 5.74) is 23.8. The summed E-state index contributed by atoms with van der Waals surface area (Å²) in [6, 6.07) is 89.8. The first kappa shape index (κ1) is 48.0. The largest absolute Gasteiger partial charge is 0.306 e. The number of fused-ring (bicyclic) bond motifs is 13. The van der Waals surface area contributed by atoms with Crippen molar-refractivity contribution in [2.45, 2.75) is 34.6 Å². The van der Waals surface area contributed by atoms with E-state index in [1.807, 2.05) is 0 Å². The van der Waals surface area contributed by atoms with Gasteiger partial charge in [-0.1, -0.05) is 156 Å². The maximum atomic E-state index is 6.03. The van der Waals surface area contributed by atoms with Crippen LogP contribution in [0, 0.1) is 34.6 Å². The monoisotopic (exact) mass is 1080 g/mol. The average Bonchev–Trinajstić information content (AvgIpc) is 2.26. The van der Waals surface area contributed by atoms with Crippen LogP contribution in [0.4, 0.5) is 0 Å². The van der Waals surface area contributed by atoms with Crippen molar-refractivity contribution >= 4 is 98.3 Å². The van der Waals surface area contributed by atoms with Gasteiger partial charge in [0, 0.05) is 60.0 Å². The van der Waals surface area contributed by atoms with Gasteiger partial charge < -0.3 is 18.3 Å². The topological polar surface area (TPSA) is 50.4 Å². The summed E-state index contributed by atoms with van der Waals surface area (Å²) in [6.07, 6.45) is 0. The molecule has 17 rings (SSSR count). The second-order valence-corrected chi connectivity index (χ2v) is 22.9. The third-order valence-electron chi connectivity index (χ3n) is 17.5. The molecule has 6 aromatic heterocycles. The number of benzene rings is 11. The van der Waals surface area contributed by atoms with Crippen molar-refractivity contribution in [3.63, 3.8) is 0 Å². The van der Waals surface area contributed by atoms with Gasteiger partial charge in [0.15, 0.2) is 0 Å². The third kappa shape index (κ3) is 6.87. The van der Waals surface area contributed by atoms with Gasteiger partial charge in [-0.3, -0.25) is 9.55 Å². The van der Waals surface area contributed by atoms with Crippen molar-refractivity contribution in [2.24, 2.45) is 0 Å². The summed E-state index contributed by atoms with van der Waals surface area (Å²) in [4.78, 5) is 11.8. The minimum atomic E-state index is 0.786. The molecule has 0 aliphatic carbocycles. The molecular weight excluding hydrogens is 1020 g/mol. The summed E-state index contributed by atoms with van der Waals surface area (Å²) >= 11 is 0. The molecule has 0 saturated carbocycles. The zero-order chi connectivity index (χ0) is 56.1. The number of aromatic nitrogens is 7. The number of rotatable bonds is 7. The summed E-state index contributed by atoms with van der Waals surface area (Å²) in [6.45, 7) is 10.9. The van der Waals surface area contributed by atoms with E-state index in [0.29, 0.717) is 0 Å². The molecule has 0 saturated heterocycles. The maximum absolute atomic E-state index is 6.03. The lowest BCUT2D eigenvalue weighted by Gasteiger charge is -2.31. The minimum absolute atomic E-state index is 0.786. The van der Waals surface area contributed by atoms with Gasteiger partial charge in [0.05, 0.1) is 89.2 Å². The van der Waals surface area contributed by atoms with E-state index in [-0.39, 0.29) is 0 Å². The molecule has 0 amide bonds. The smallest absolute Gasteiger partial charge is 0.148 e. The van der Waals surface area contributed by atoms with Crippen LogP contribution in [-0.2, 0) is 0 Å². The van der Waals surface area contributed by atoms with Gasteiger partial charge in [-0.2, -0.15) is 0 Å². The Morgan fingerprint density at radius 3 is 1.04 bits per heavy atom. The first-order valence-electron chi connectivity index (χ1n) is 29.0. The first-order chi connectivity index (χ1) is 41.3. The summed E-state index contributed by atoms with van der Waals surface area (Å²) in [5, 5.41) is 9.36. The molecule has 398 valence electrons. The maximum Gasteiger partial charge on any atom is 0.148 e. The SMILES string of the molecule is Cc1ccc2c(c1)c1ccccc1n2-c1c(-c2cccc(C)n2)c(-c2nc3ccccc3n2-c2ccccc2)c(-n2c3ccccc3c3cc(C)ccc32)c(-n2c3ccccc3c3cc(C)ccc32)c1-n1c2ccccc2c2cc(C)ccc21. The Hall–Kier alpha value is -10.8. The molecule has 84 heavy (non-hydrogen) atoms. The minimum Gasteiger partial charge on any atom is -0.306 e. The van der Waals surface area contributed by atoms with Crippen molar-refractivity contribution in [3.8, 4) is 51.1 Å². The number of pyridine rings is 1. The van der Waals surface area contributed by atoms with E-state index in [9.17, 15) is 0 Å². The lowest BCUT2D eigenvalue weighted by Crippen LogP contribution is -2.17. The van der Waals surface area contributed by atoms with E-state index in [1.54, 1.807) is 0 Å². The number of imidazole rings is 1. The number of hydrogen-bond acceptors (Lipinski definition) is 2. The molecule has 0 aliphatic rings. The number of hydrogen-bond donors (Lipinski definition) is 0. The van der Waals surface area contributed by atoms with Crippen molar-refractivity contribution in [3.05, 3.63) is 271 Å². The quantitative estimate of drug-likeness (QED) is 0.160. The predicted molar refractivity (Wildman–Crippen MR) is 351 cm³/mol. The van der Waals surface area contributed by atoms with Gasteiger partial charge in [0.25, 0.3) is 0 Å². The molecule has 0 radical (unpaired) electrons. The normalized spacial score (nSPS) is 12.1. The lowest BCUT2D eigenvalue weighted by molar-refractivity contribution is 1.01. The average molecular weight is 1080 g/mol. The highest BCUT2D eigenvalue weighted by Gasteiger charge is 2.38. The zero-order valence-electron chi connectivity index (χ0n) is 47.2. The van der Waals surface area contributed by atoms with Crippen LogP contribution in [0.3, 0.4) is 0 Å². The molecule has 0 bridgehead atoms. The van der Waals surface area contributed by atoms with Crippen molar-refractivity contribution in [1.29, 1.82) is 0 Å². The second kappa shape index (κ2) is 18.1. The number of para-hydroxylation sites is 7. The Morgan fingerprint density at radius 2 is 0.607 bits per heavy atom. The number of nitrogens with zero attached hydrogens (tertiary/aromatic N) is 7. The molecule has 11 aromatic carbocycles. The van der Waals surface area contributed by atoms with E-state index in [1.165, 1.54) is 54.6 Å². The molecule has 0 fully saturated rings. The molecule has 7 heteroatoms. The standard InChI is InChI=1S/C77H55N7/c1-46-34-38-66-56(42-46)52-23-9-14-29-62(52)81(66)73-71(61-28-19-20-50(5)78-61)72(77-79-60-27-13-18-33-70(60)80(77)51-21-7-6-8-22-51)74(82-63-30-15-10-24-53(63)57-43-47(2)35-39-67(57)82)76(84-65-32-17-12-26-55(65)59-45-49(4)37-41-69(59)84)75(73)83-64-31-16-11-25-54(64)58-44-48(3)36-40-68(58)83/h6-45H,1-5H3. The van der Waals surface area contributed by atoms with Crippen LogP contribution in [-0.4, -0.2) is 32.8 Å². The Bertz CT molecular complexity index is 5620. The fourth-order valence-corrected chi connectivity index (χ4v) is 14.0. The second-order valence-electron chi connectivity index (χ2n) is 22.9. The van der Waals surface area contributed by atoms with Crippen molar-refractivity contribution in [2.75, 3.05) is 0 Å². The van der Waals surface area contributed by atoms with Crippen LogP contribution in [0.15, 0.2) is 243 Å². The van der Waals surface area contributed by atoms with Gasteiger partial charge in [0.2, 0.25) is 0 Å². The lowest BCUT2D eigenvalue weighted by atomic mass is 9.93. The van der Waals surface area contributed by atoms with Gasteiger partial charge in [-0.15, -0.1) is 0 Å². The summed E-state index contributed by atoms with van der Waals surface area (Å²) in [5.74, 6) is 0.786. The van der Waals surface area contributed by atoms with Crippen LogP contribution in [0.5, 0.6) is 0 Å². The van der Waals surface area contributed by atoms with Crippen LogP contribution < -0.4 is 0 Å². The fourth-order valence-electron chi connectivity index (χ4n) is 14.0. The van der Waals surface area contributed by atoms with Gasteiger partial charge in [-0.05, 0) is 144 Å². The third-order valence-corrected chi connectivity index (χ3v) is 17.5. The molecule has 17 aromatic rings. The molecule has 6 heterocycles. The van der Waals surface area contributed by atoms with Crippen molar-refractivity contribution < 1.29 is 0 Å². The molecule has 0 aliphatic heterocycles. The Balaban J connectivity index is 1.29.